The van der Waals surface area contributed by atoms with Crippen molar-refractivity contribution in [3.8, 4) is 0 Å². The molecule has 2 bridgehead atoms. The first kappa shape index (κ1) is 13.4. The molecule has 1 heterocycles. The van der Waals surface area contributed by atoms with Gasteiger partial charge in [-0.15, -0.1) is 12.4 Å². The molecule has 21 heavy (non-hydrogen) atoms. The number of likely N-dealkylation sites (N-methyl/N-ethyl adjacent to an activating group) is 1. The lowest BCUT2D eigenvalue weighted by atomic mass is 9.65. The minimum atomic E-state index is 0. The maximum absolute atomic E-state index is 2.53. The molecule has 3 aliphatic rings. The van der Waals surface area contributed by atoms with E-state index in [1.807, 2.05) is 0 Å². The third-order valence-electron chi connectivity index (χ3n) is 5.90. The van der Waals surface area contributed by atoms with Crippen LogP contribution in [0.5, 0.6) is 0 Å². The van der Waals surface area contributed by atoms with E-state index >= 15 is 0 Å². The van der Waals surface area contributed by atoms with Gasteiger partial charge in [0.1, 0.15) is 0 Å². The number of hydrogen-bond acceptors (Lipinski definition) is 1. The van der Waals surface area contributed by atoms with Crippen molar-refractivity contribution in [1.29, 1.82) is 0 Å². The van der Waals surface area contributed by atoms with Crippen LogP contribution in [0.3, 0.4) is 0 Å². The molecule has 2 aromatic rings. The highest BCUT2D eigenvalue weighted by atomic mass is 35.5. The van der Waals surface area contributed by atoms with Gasteiger partial charge in [0.2, 0.25) is 0 Å². The molecule has 2 aromatic carbocycles. The second-order valence-corrected chi connectivity index (χ2v) is 6.88. The van der Waals surface area contributed by atoms with Crippen LogP contribution >= 0.6 is 12.4 Å². The SMILES string of the molecule is CN1CC2c3ccccc3C3CC2(C1)c1ccccc13.Cl. The summed E-state index contributed by atoms with van der Waals surface area (Å²) in [5.41, 5.74) is 6.82. The van der Waals surface area contributed by atoms with Crippen LogP contribution in [-0.2, 0) is 5.41 Å². The highest BCUT2D eigenvalue weighted by molar-refractivity contribution is 5.85. The molecular formula is C19H20ClN. The first-order valence-corrected chi connectivity index (χ1v) is 7.66. The molecule has 1 fully saturated rings. The summed E-state index contributed by atoms with van der Waals surface area (Å²) in [4.78, 5) is 2.53. The molecule has 2 heteroatoms. The molecule has 3 unspecified atom stereocenters. The Morgan fingerprint density at radius 1 is 0.952 bits per heavy atom. The predicted octanol–water partition coefficient (Wildman–Crippen LogP) is 3.92. The number of likely N-dealkylation sites (tertiary alicyclic amines) is 1. The zero-order valence-corrected chi connectivity index (χ0v) is 13.1. The lowest BCUT2D eigenvalue weighted by molar-refractivity contribution is 0.347. The number of benzene rings is 2. The molecule has 0 saturated carbocycles. The van der Waals surface area contributed by atoms with Crippen molar-refractivity contribution in [2.45, 2.75) is 23.7 Å². The topological polar surface area (TPSA) is 3.24 Å². The third kappa shape index (κ3) is 1.51. The lowest BCUT2D eigenvalue weighted by Gasteiger charge is -2.37. The molecule has 1 nitrogen and oxygen atoms in total. The van der Waals surface area contributed by atoms with Crippen LogP contribution in [0.15, 0.2) is 48.5 Å². The fourth-order valence-corrected chi connectivity index (χ4v) is 5.28. The zero-order chi connectivity index (χ0) is 13.3. The van der Waals surface area contributed by atoms with Gasteiger partial charge in [0.05, 0.1) is 0 Å². The van der Waals surface area contributed by atoms with E-state index in [9.17, 15) is 0 Å². The summed E-state index contributed by atoms with van der Waals surface area (Å²) in [7, 11) is 2.28. The summed E-state index contributed by atoms with van der Waals surface area (Å²) in [5.74, 6) is 1.31. The van der Waals surface area contributed by atoms with E-state index in [4.69, 9.17) is 0 Å². The highest BCUT2D eigenvalue weighted by Gasteiger charge is 2.57. The molecule has 1 aliphatic heterocycles. The third-order valence-corrected chi connectivity index (χ3v) is 5.90. The van der Waals surface area contributed by atoms with Crippen LogP contribution < -0.4 is 0 Å². The summed E-state index contributed by atoms with van der Waals surface area (Å²) in [5, 5.41) is 0. The van der Waals surface area contributed by atoms with Crippen LogP contribution in [0.2, 0.25) is 0 Å². The monoisotopic (exact) mass is 297 g/mol. The molecule has 0 amide bonds. The fraction of sp³-hybridized carbons (Fsp3) is 0.368. The van der Waals surface area contributed by atoms with E-state index in [1.165, 1.54) is 19.5 Å². The second-order valence-electron chi connectivity index (χ2n) is 6.88. The van der Waals surface area contributed by atoms with Gasteiger partial charge >= 0.3 is 0 Å². The molecule has 1 saturated heterocycles. The van der Waals surface area contributed by atoms with Gasteiger partial charge in [-0.1, -0.05) is 48.5 Å². The van der Waals surface area contributed by atoms with E-state index in [0.29, 0.717) is 17.3 Å². The Kier molecular flexibility index (Phi) is 2.76. The van der Waals surface area contributed by atoms with Crippen molar-refractivity contribution >= 4 is 12.4 Å². The van der Waals surface area contributed by atoms with Gasteiger partial charge < -0.3 is 4.90 Å². The molecule has 5 rings (SSSR count). The van der Waals surface area contributed by atoms with Crippen molar-refractivity contribution in [1.82, 2.24) is 4.90 Å². The molecule has 1 spiro atoms. The van der Waals surface area contributed by atoms with E-state index in [-0.39, 0.29) is 12.4 Å². The fourth-order valence-electron chi connectivity index (χ4n) is 5.28. The van der Waals surface area contributed by atoms with Gasteiger partial charge in [0, 0.05) is 30.3 Å². The van der Waals surface area contributed by atoms with Gasteiger partial charge in [-0.2, -0.15) is 0 Å². The van der Waals surface area contributed by atoms with Crippen molar-refractivity contribution < 1.29 is 0 Å². The van der Waals surface area contributed by atoms with Gasteiger partial charge in [-0.3, -0.25) is 0 Å². The zero-order valence-electron chi connectivity index (χ0n) is 12.3. The van der Waals surface area contributed by atoms with Gasteiger partial charge in [-0.05, 0) is 35.7 Å². The number of hydrogen-bond donors (Lipinski definition) is 0. The summed E-state index contributed by atoms with van der Waals surface area (Å²) in [6.07, 6.45) is 1.32. The molecule has 3 atom stereocenters. The van der Waals surface area contributed by atoms with Crippen LogP contribution in [0.4, 0.5) is 0 Å². The predicted molar refractivity (Wildman–Crippen MR) is 88.5 cm³/mol. The van der Waals surface area contributed by atoms with E-state index < -0.39 is 0 Å². The normalized spacial score (nSPS) is 32.0. The number of nitrogens with zero attached hydrogens (tertiary/aromatic N) is 1. The quantitative estimate of drug-likeness (QED) is 0.712. The summed E-state index contributed by atoms with van der Waals surface area (Å²) in [6.45, 7) is 2.43. The first-order valence-electron chi connectivity index (χ1n) is 7.66. The Hall–Kier alpha value is -1.31. The van der Waals surface area contributed by atoms with Crippen molar-refractivity contribution in [3.63, 3.8) is 0 Å². The molecule has 0 N–H and O–H groups in total. The first-order chi connectivity index (χ1) is 9.79. The van der Waals surface area contributed by atoms with Crippen molar-refractivity contribution in [2.24, 2.45) is 0 Å². The van der Waals surface area contributed by atoms with E-state index in [1.54, 1.807) is 22.3 Å². The van der Waals surface area contributed by atoms with Crippen molar-refractivity contribution in [3.05, 3.63) is 70.8 Å². The van der Waals surface area contributed by atoms with Crippen LogP contribution in [-0.4, -0.2) is 25.0 Å². The van der Waals surface area contributed by atoms with Crippen molar-refractivity contribution in [2.75, 3.05) is 20.1 Å². The molecule has 0 radical (unpaired) electrons. The Labute approximate surface area is 132 Å². The van der Waals surface area contributed by atoms with Crippen LogP contribution in [0.25, 0.3) is 0 Å². The maximum Gasteiger partial charge on any atom is 0.0173 e. The lowest BCUT2D eigenvalue weighted by Crippen LogP contribution is -2.34. The Morgan fingerprint density at radius 3 is 2.43 bits per heavy atom. The minimum Gasteiger partial charge on any atom is -0.305 e. The Morgan fingerprint density at radius 2 is 1.62 bits per heavy atom. The number of halogens is 1. The standard InChI is InChI=1S/C19H19N.ClH/c1-20-11-18-14-7-3-2-6-13(14)16-10-19(18,12-20)17-9-5-4-8-15(16)17;/h2-9,16,18H,10-12H2,1H3;1H. The summed E-state index contributed by atoms with van der Waals surface area (Å²) in [6, 6.07) is 18.4. The summed E-state index contributed by atoms with van der Waals surface area (Å²) >= 11 is 0. The summed E-state index contributed by atoms with van der Waals surface area (Å²) < 4.78 is 0. The van der Waals surface area contributed by atoms with Gasteiger partial charge in [0.15, 0.2) is 0 Å². The minimum absolute atomic E-state index is 0. The molecule has 2 aliphatic carbocycles. The van der Waals surface area contributed by atoms with E-state index in [0.717, 1.165) is 0 Å². The smallest absolute Gasteiger partial charge is 0.0173 e. The second kappa shape index (κ2) is 4.34. The maximum atomic E-state index is 2.53. The number of fused-ring (bicyclic) bond motifs is 3. The van der Waals surface area contributed by atoms with Gasteiger partial charge in [-0.25, -0.2) is 0 Å². The molecule has 0 aromatic heterocycles. The Bertz CT molecular complexity index is 699. The van der Waals surface area contributed by atoms with Crippen LogP contribution in [0.1, 0.15) is 40.5 Å². The van der Waals surface area contributed by atoms with Gasteiger partial charge in [0.25, 0.3) is 0 Å². The average molecular weight is 298 g/mol. The highest BCUT2D eigenvalue weighted by Crippen LogP contribution is 2.62. The Balaban J connectivity index is 0.00000115. The molecule has 108 valence electrons. The number of rotatable bonds is 0. The van der Waals surface area contributed by atoms with E-state index in [2.05, 4.69) is 60.5 Å². The largest absolute Gasteiger partial charge is 0.305 e. The van der Waals surface area contributed by atoms with Crippen LogP contribution in [0, 0.1) is 0 Å². The average Bonchev–Trinajstić information content (AvgIpc) is 2.97. The molecular weight excluding hydrogens is 278 g/mol.